The van der Waals surface area contributed by atoms with Crippen molar-refractivity contribution in [3.8, 4) is 5.75 Å². The molecule has 19 heavy (non-hydrogen) atoms. The molecular weight excluding hydrogens is 238 g/mol. The minimum Gasteiger partial charge on any atom is -0.494 e. The summed E-state index contributed by atoms with van der Waals surface area (Å²) in [5.41, 5.74) is 1.16. The highest BCUT2D eigenvalue weighted by molar-refractivity contribution is 5.28. The zero-order valence-electron chi connectivity index (χ0n) is 12.3. The second-order valence-electron chi connectivity index (χ2n) is 4.70. The van der Waals surface area contributed by atoms with Gasteiger partial charge in [0, 0.05) is 7.11 Å². The van der Waals surface area contributed by atoms with Crippen LogP contribution in [0.4, 0.5) is 0 Å². The number of benzene rings is 1. The molecule has 1 aromatic carbocycles. The van der Waals surface area contributed by atoms with Crippen LogP contribution in [0.5, 0.6) is 5.75 Å². The summed E-state index contributed by atoms with van der Waals surface area (Å²) >= 11 is 0. The molecule has 0 aromatic heterocycles. The maximum Gasteiger partial charge on any atom is 0.119 e. The molecule has 0 aliphatic rings. The Balaban J connectivity index is 2.07. The first-order valence-electron chi connectivity index (χ1n) is 7.28. The molecule has 0 saturated heterocycles. The Labute approximate surface area is 117 Å². The Morgan fingerprint density at radius 3 is 2.74 bits per heavy atom. The van der Waals surface area contributed by atoms with E-state index in [4.69, 9.17) is 9.47 Å². The average molecular weight is 265 g/mol. The quantitative estimate of drug-likeness (QED) is 0.622. The Bertz CT molecular complexity index is 328. The van der Waals surface area contributed by atoms with Crippen molar-refractivity contribution in [1.82, 2.24) is 5.32 Å². The van der Waals surface area contributed by atoms with E-state index in [9.17, 15) is 0 Å². The van der Waals surface area contributed by atoms with Crippen LogP contribution < -0.4 is 10.1 Å². The van der Waals surface area contributed by atoms with Crippen molar-refractivity contribution in [3.63, 3.8) is 0 Å². The summed E-state index contributed by atoms with van der Waals surface area (Å²) in [5, 5.41) is 3.34. The highest BCUT2D eigenvalue weighted by atomic mass is 16.5. The van der Waals surface area contributed by atoms with Crippen LogP contribution in [0.1, 0.15) is 38.2 Å². The molecule has 0 heterocycles. The maximum absolute atomic E-state index is 5.75. The van der Waals surface area contributed by atoms with Gasteiger partial charge in [-0.2, -0.15) is 0 Å². The van der Waals surface area contributed by atoms with Gasteiger partial charge in [-0.15, -0.1) is 0 Å². The molecule has 108 valence electrons. The summed E-state index contributed by atoms with van der Waals surface area (Å²) < 4.78 is 10.9. The van der Waals surface area contributed by atoms with E-state index < -0.39 is 0 Å². The lowest BCUT2D eigenvalue weighted by atomic mass is 10.2. The van der Waals surface area contributed by atoms with Gasteiger partial charge in [-0.1, -0.05) is 31.9 Å². The van der Waals surface area contributed by atoms with Crippen molar-refractivity contribution in [2.45, 2.75) is 39.2 Å². The monoisotopic (exact) mass is 265 g/mol. The molecule has 1 aromatic rings. The number of nitrogens with one attached hydrogen (secondary N) is 1. The number of hydrogen-bond acceptors (Lipinski definition) is 3. The van der Waals surface area contributed by atoms with Crippen LogP contribution in [0.3, 0.4) is 0 Å². The normalized spacial score (nSPS) is 10.6. The van der Waals surface area contributed by atoms with E-state index in [0.717, 1.165) is 37.4 Å². The third-order valence-electron chi connectivity index (χ3n) is 2.98. The second kappa shape index (κ2) is 10.8. The number of hydrogen-bond donors (Lipinski definition) is 1. The van der Waals surface area contributed by atoms with E-state index in [0.29, 0.717) is 6.61 Å². The summed E-state index contributed by atoms with van der Waals surface area (Å²) in [6.45, 7) is 5.79. The van der Waals surface area contributed by atoms with E-state index in [-0.39, 0.29) is 0 Å². The summed E-state index contributed by atoms with van der Waals surface area (Å²) in [6, 6.07) is 8.12. The highest BCUT2D eigenvalue weighted by Gasteiger charge is 1.97. The lowest BCUT2D eigenvalue weighted by molar-refractivity contribution is 0.184. The number of ether oxygens (including phenoxy) is 2. The largest absolute Gasteiger partial charge is 0.494 e. The van der Waals surface area contributed by atoms with E-state index in [2.05, 4.69) is 24.4 Å². The first-order valence-corrected chi connectivity index (χ1v) is 7.28. The molecule has 1 N–H and O–H groups in total. The third kappa shape index (κ3) is 7.85. The van der Waals surface area contributed by atoms with Gasteiger partial charge in [0.2, 0.25) is 0 Å². The molecule has 0 aliphatic carbocycles. The minimum atomic E-state index is 0.641. The molecular formula is C16H27NO2. The minimum absolute atomic E-state index is 0.641. The molecule has 3 nitrogen and oxygen atoms in total. The molecule has 0 amide bonds. The summed E-state index contributed by atoms with van der Waals surface area (Å²) in [4.78, 5) is 0. The molecule has 0 saturated carbocycles. The van der Waals surface area contributed by atoms with Crippen molar-refractivity contribution in [1.29, 1.82) is 0 Å². The standard InChI is InChI=1S/C16H27NO2/c1-3-17-11-6-4-5-7-12-19-16-10-8-9-15(13-16)14-18-2/h8-10,13,17H,3-7,11-12,14H2,1-2H3. The van der Waals surface area contributed by atoms with Gasteiger partial charge in [-0.05, 0) is 43.6 Å². The highest BCUT2D eigenvalue weighted by Crippen LogP contribution is 2.14. The van der Waals surface area contributed by atoms with Crippen molar-refractivity contribution >= 4 is 0 Å². The Hall–Kier alpha value is -1.06. The lowest BCUT2D eigenvalue weighted by Gasteiger charge is -2.08. The predicted molar refractivity (Wildman–Crippen MR) is 79.7 cm³/mol. The molecule has 0 aliphatic heterocycles. The number of methoxy groups -OCH3 is 1. The van der Waals surface area contributed by atoms with Crippen molar-refractivity contribution in [2.24, 2.45) is 0 Å². The van der Waals surface area contributed by atoms with Crippen LogP contribution in [0.2, 0.25) is 0 Å². The van der Waals surface area contributed by atoms with E-state index in [1.165, 1.54) is 19.3 Å². The van der Waals surface area contributed by atoms with E-state index in [1.54, 1.807) is 7.11 Å². The van der Waals surface area contributed by atoms with Gasteiger partial charge in [0.15, 0.2) is 0 Å². The first kappa shape index (κ1) is 16.0. The van der Waals surface area contributed by atoms with Crippen LogP contribution in [-0.2, 0) is 11.3 Å². The van der Waals surface area contributed by atoms with Gasteiger partial charge >= 0.3 is 0 Å². The molecule has 1 rings (SSSR count). The summed E-state index contributed by atoms with van der Waals surface area (Å²) in [6.07, 6.45) is 4.90. The van der Waals surface area contributed by atoms with Gasteiger partial charge in [-0.25, -0.2) is 0 Å². The summed E-state index contributed by atoms with van der Waals surface area (Å²) in [7, 11) is 1.71. The average Bonchev–Trinajstić information content (AvgIpc) is 2.43. The lowest BCUT2D eigenvalue weighted by Crippen LogP contribution is -2.13. The topological polar surface area (TPSA) is 30.5 Å². The molecule has 3 heteroatoms. The van der Waals surface area contributed by atoms with Crippen LogP contribution in [0.15, 0.2) is 24.3 Å². The fourth-order valence-electron chi connectivity index (χ4n) is 1.96. The first-order chi connectivity index (χ1) is 9.36. The van der Waals surface area contributed by atoms with Crippen LogP contribution in [0, 0.1) is 0 Å². The van der Waals surface area contributed by atoms with Gasteiger partial charge < -0.3 is 14.8 Å². The smallest absolute Gasteiger partial charge is 0.119 e. The fourth-order valence-corrected chi connectivity index (χ4v) is 1.96. The fraction of sp³-hybridized carbons (Fsp3) is 0.625. The van der Waals surface area contributed by atoms with Gasteiger partial charge in [0.1, 0.15) is 5.75 Å². The molecule has 0 atom stereocenters. The summed E-state index contributed by atoms with van der Waals surface area (Å²) in [5.74, 6) is 0.946. The van der Waals surface area contributed by atoms with Gasteiger partial charge in [-0.3, -0.25) is 0 Å². The van der Waals surface area contributed by atoms with Crippen LogP contribution in [0.25, 0.3) is 0 Å². The van der Waals surface area contributed by atoms with Crippen LogP contribution in [-0.4, -0.2) is 26.8 Å². The van der Waals surface area contributed by atoms with Crippen molar-refractivity contribution in [3.05, 3.63) is 29.8 Å². The third-order valence-corrected chi connectivity index (χ3v) is 2.98. The Morgan fingerprint density at radius 2 is 1.95 bits per heavy atom. The molecule has 0 fully saturated rings. The predicted octanol–water partition coefficient (Wildman–Crippen LogP) is 3.38. The van der Waals surface area contributed by atoms with Crippen molar-refractivity contribution < 1.29 is 9.47 Å². The number of rotatable bonds is 11. The molecule has 0 radical (unpaired) electrons. The Kier molecular flexibility index (Phi) is 9.11. The zero-order valence-corrected chi connectivity index (χ0v) is 12.3. The SMILES string of the molecule is CCNCCCCCCOc1cccc(COC)c1. The second-order valence-corrected chi connectivity index (χ2v) is 4.70. The molecule has 0 spiro atoms. The maximum atomic E-state index is 5.75. The molecule has 0 unspecified atom stereocenters. The van der Waals surface area contributed by atoms with Crippen molar-refractivity contribution in [2.75, 3.05) is 26.8 Å². The molecule has 0 bridgehead atoms. The van der Waals surface area contributed by atoms with Gasteiger partial charge in [0.05, 0.1) is 13.2 Å². The Morgan fingerprint density at radius 1 is 1.11 bits per heavy atom. The van der Waals surface area contributed by atoms with Crippen LogP contribution >= 0.6 is 0 Å². The van der Waals surface area contributed by atoms with Gasteiger partial charge in [0.25, 0.3) is 0 Å². The number of unbranched alkanes of at least 4 members (excludes halogenated alkanes) is 3. The zero-order chi connectivity index (χ0) is 13.8. The van der Waals surface area contributed by atoms with E-state index >= 15 is 0 Å². The van der Waals surface area contributed by atoms with E-state index in [1.807, 2.05) is 12.1 Å².